The Morgan fingerprint density at radius 3 is 2.73 bits per heavy atom. The van der Waals surface area contributed by atoms with Crippen molar-refractivity contribution in [1.29, 1.82) is 0 Å². The minimum atomic E-state index is -0.169. The molecule has 0 saturated heterocycles. The van der Waals surface area contributed by atoms with Crippen LogP contribution in [0.25, 0.3) is 0 Å². The fourth-order valence-electron chi connectivity index (χ4n) is 1.07. The fraction of sp³-hybridized carbons (Fsp3) is 0.417. The van der Waals surface area contributed by atoms with E-state index in [1.807, 2.05) is 32.0 Å². The standard InChI is InChI=1S/C12H15ClO2/c1-3-9(2)12(14)15-8-10-6-4-5-7-11(10)13/h4-7,9H,3,8H2,1-2H3. The van der Waals surface area contributed by atoms with Gasteiger partial charge in [0.25, 0.3) is 0 Å². The third kappa shape index (κ3) is 3.56. The first-order chi connectivity index (χ1) is 7.15. The Morgan fingerprint density at radius 1 is 1.47 bits per heavy atom. The summed E-state index contributed by atoms with van der Waals surface area (Å²) >= 11 is 5.93. The van der Waals surface area contributed by atoms with Crippen LogP contribution in [0, 0.1) is 5.92 Å². The van der Waals surface area contributed by atoms with E-state index in [0.717, 1.165) is 12.0 Å². The molecule has 0 radical (unpaired) electrons. The Morgan fingerprint density at radius 2 is 2.13 bits per heavy atom. The van der Waals surface area contributed by atoms with E-state index in [2.05, 4.69) is 0 Å². The molecule has 82 valence electrons. The van der Waals surface area contributed by atoms with Crippen LogP contribution in [-0.2, 0) is 16.1 Å². The zero-order valence-corrected chi connectivity index (χ0v) is 9.75. The minimum absolute atomic E-state index is 0.0486. The first kappa shape index (κ1) is 12.1. The molecule has 1 aromatic carbocycles. The van der Waals surface area contributed by atoms with Gasteiger partial charge in [-0.15, -0.1) is 0 Å². The first-order valence-electron chi connectivity index (χ1n) is 5.05. The SMILES string of the molecule is CCC(C)C(=O)OCc1ccccc1Cl. The molecule has 0 aliphatic rings. The Labute approximate surface area is 95.2 Å². The largest absolute Gasteiger partial charge is 0.461 e. The molecule has 0 aliphatic carbocycles. The Bertz CT molecular complexity index is 336. The van der Waals surface area contributed by atoms with Crippen LogP contribution in [0.2, 0.25) is 5.02 Å². The van der Waals surface area contributed by atoms with Gasteiger partial charge >= 0.3 is 5.97 Å². The van der Waals surface area contributed by atoms with Gasteiger partial charge < -0.3 is 4.74 Å². The molecule has 1 unspecified atom stereocenters. The molecule has 1 rings (SSSR count). The van der Waals surface area contributed by atoms with Crippen molar-refractivity contribution in [2.24, 2.45) is 5.92 Å². The molecular formula is C12H15ClO2. The van der Waals surface area contributed by atoms with Crippen LogP contribution in [-0.4, -0.2) is 5.97 Å². The maximum absolute atomic E-state index is 11.4. The number of ether oxygens (including phenoxy) is 1. The third-order valence-electron chi connectivity index (χ3n) is 2.34. The second-order valence-electron chi connectivity index (χ2n) is 3.51. The quantitative estimate of drug-likeness (QED) is 0.736. The van der Waals surface area contributed by atoms with Gasteiger partial charge in [-0.25, -0.2) is 0 Å². The van der Waals surface area contributed by atoms with Crippen LogP contribution in [0.5, 0.6) is 0 Å². The zero-order valence-electron chi connectivity index (χ0n) is 9.00. The topological polar surface area (TPSA) is 26.3 Å². The second-order valence-corrected chi connectivity index (χ2v) is 3.92. The smallest absolute Gasteiger partial charge is 0.308 e. The predicted molar refractivity (Wildman–Crippen MR) is 60.7 cm³/mol. The summed E-state index contributed by atoms with van der Waals surface area (Å²) in [6.45, 7) is 4.07. The van der Waals surface area contributed by atoms with E-state index in [1.54, 1.807) is 6.07 Å². The Kier molecular flexibility index (Phi) is 4.63. The summed E-state index contributed by atoms with van der Waals surface area (Å²) in [6.07, 6.45) is 0.793. The van der Waals surface area contributed by atoms with Gasteiger partial charge in [0.15, 0.2) is 0 Å². The van der Waals surface area contributed by atoms with Gasteiger partial charge in [0, 0.05) is 10.6 Å². The third-order valence-corrected chi connectivity index (χ3v) is 2.71. The molecule has 0 fully saturated rings. The summed E-state index contributed by atoms with van der Waals surface area (Å²) in [5, 5.41) is 0.634. The van der Waals surface area contributed by atoms with E-state index in [9.17, 15) is 4.79 Å². The predicted octanol–water partition coefficient (Wildman–Crippen LogP) is 3.43. The fourth-order valence-corrected chi connectivity index (χ4v) is 1.26. The lowest BCUT2D eigenvalue weighted by Crippen LogP contribution is -2.13. The Balaban J connectivity index is 2.51. The average Bonchev–Trinajstić information content (AvgIpc) is 2.26. The number of benzene rings is 1. The van der Waals surface area contributed by atoms with E-state index < -0.39 is 0 Å². The molecule has 0 N–H and O–H groups in total. The molecule has 0 bridgehead atoms. The molecule has 0 aliphatic heterocycles. The van der Waals surface area contributed by atoms with Crippen LogP contribution in [0.3, 0.4) is 0 Å². The summed E-state index contributed by atoms with van der Waals surface area (Å²) in [5.41, 5.74) is 0.843. The number of carbonyl (C=O) groups excluding carboxylic acids is 1. The highest BCUT2D eigenvalue weighted by Crippen LogP contribution is 2.16. The number of halogens is 1. The number of hydrogen-bond donors (Lipinski definition) is 0. The normalized spacial score (nSPS) is 12.2. The van der Waals surface area contributed by atoms with Crippen LogP contribution in [0.15, 0.2) is 24.3 Å². The van der Waals surface area contributed by atoms with E-state index in [0.29, 0.717) is 5.02 Å². The molecule has 1 atom stereocenters. The molecule has 0 aromatic heterocycles. The molecule has 1 aromatic rings. The molecule has 0 heterocycles. The summed E-state index contributed by atoms with van der Waals surface area (Å²) in [6, 6.07) is 7.36. The van der Waals surface area contributed by atoms with Gasteiger partial charge in [-0.3, -0.25) is 4.79 Å². The van der Waals surface area contributed by atoms with Crippen molar-refractivity contribution in [2.75, 3.05) is 0 Å². The van der Waals surface area contributed by atoms with Gasteiger partial charge in [-0.2, -0.15) is 0 Å². The van der Waals surface area contributed by atoms with Crippen molar-refractivity contribution in [2.45, 2.75) is 26.9 Å². The van der Waals surface area contributed by atoms with Gasteiger partial charge in [0.05, 0.1) is 5.92 Å². The molecule has 0 saturated carbocycles. The van der Waals surface area contributed by atoms with Crippen molar-refractivity contribution >= 4 is 17.6 Å². The molecule has 0 amide bonds. The van der Waals surface area contributed by atoms with E-state index >= 15 is 0 Å². The molecular weight excluding hydrogens is 212 g/mol. The Hall–Kier alpha value is -1.02. The number of esters is 1. The lowest BCUT2D eigenvalue weighted by Gasteiger charge is -2.09. The summed E-state index contributed by atoms with van der Waals surface area (Å²) in [7, 11) is 0. The summed E-state index contributed by atoms with van der Waals surface area (Å²) in [4.78, 5) is 11.4. The van der Waals surface area contributed by atoms with Crippen LogP contribution in [0.4, 0.5) is 0 Å². The lowest BCUT2D eigenvalue weighted by molar-refractivity contribution is -0.149. The monoisotopic (exact) mass is 226 g/mol. The number of hydrogen-bond acceptors (Lipinski definition) is 2. The van der Waals surface area contributed by atoms with E-state index in [4.69, 9.17) is 16.3 Å². The van der Waals surface area contributed by atoms with Gasteiger partial charge in [-0.1, -0.05) is 43.6 Å². The lowest BCUT2D eigenvalue weighted by atomic mass is 10.1. The average molecular weight is 227 g/mol. The minimum Gasteiger partial charge on any atom is -0.461 e. The van der Waals surface area contributed by atoms with Gasteiger partial charge in [-0.05, 0) is 12.5 Å². The highest BCUT2D eigenvalue weighted by molar-refractivity contribution is 6.31. The van der Waals surface area contributed by atoms with Crippen LogP contribution < -0.4 is 0 Å². The highest BCUT2D eigenvalue weighted by atomic mass is 35.5. The second kappa shape index (κ2) is 5.76. The summed E-state index contributed by atoms with van der Waals surface area (Å²) < 4.78 is 5.14. The summed E-state index contributed by atoms with van der Waals surface area (Å²) in [5.74, 6) is -0.218. The highest BCUT2D eigenvalue weighted by Gasteiger charge is 2.12. The van der Waals surface area contributed by atoms with E-state index in [-0.39, 0.29) is 18.5 Å². The molecule has 2 nitrogen and oxygen atoms in total. The molecule has 3 heteroatoms. The van der Waals surface area contributed by atoms with Crippen molar-refractivity contribution in [3.63, 3.8) is 0 Å². The number of rotatable bonds is 4. The van der Waals surface area contributed by atoms with Crippen molar-refractivity contribution < 1.29 is 9.53 Å². The van der Waals surface area contributed by atoms with Crippen molar-refractivity contribution in [3.8, 4) is 0 Å². The van der Waals surface area contributed by atoms with Crippen molar-refractivity contribution in [1.82, 2.24) is 0 Å². The maximum atomic E-state index is 11.4. The maximum Gasteiger partial charge on any atom is 0.308 e. The van der Waals surface area contributed by atoms with Crippen LogP contribution in [0.1, 0.15) is 25.8 Å². The van der Waals surface area contributed by atoms with Crippen molar-refractivity contribution in [3.05, 3.63) is 34.9 Å². The first-order valence-corrected chi connectivity index (χ1v) is 5.43. The molecule has 15 heavy (non-hydrogen) atoms. The van der Waals surface area contributed by atoms with Gasteiger partial charge in [0.1, 0.15) is 6.61 Å². The zero-order chi connectivity index (χ0) is 11.3. The van der Waals surface area contributed by atoms with E-state index in [1.165, 1.54) is 0 Å². The molecule has 0 spiro atoms. The van der Waals surface area contributed by atoms with Gasteiger partial charge in [0.2, 0.25) is 0 Å². The van der Waals surface area contributed by atoms with Crippen LogP contribution >= 0.6 is 11.6 Å². The number of carbonyl (C=O) groups is 1.